The maximum atomic E-state index is 6.43. The molecule has 0 saturated carbocycles. The van der Waals surface area contributed by atoms with Gasteiger partial charge in [0.15, 0.2) is 0 Å². The van der Waals surface area contributed by atoms with Crippen LogP contribution in [0.5, 0.6) is 0 Å². The van der Waals surface area contributed by atoms with E-state index < -0.39 is 0 Å². The van der Waals surface area contributed by atoms with Gasteiger partial charge in [-0.25, -0.2) is 0 Å². The lowest BCUT2D eigenvalue weighted by Crippen LogP contribution is -2.18. The van der Waals surface area contributed by atoms with Crippen molar-refractivity contribution < 1.29 is 0 Å². The molecule has 2 N–H and O–H groups in total. The lowest BCUT2D eigenvalue weighted by molar-refractivity contribution is 0.569. The van der Waals surface area contributed by atoms with Crippen molar-refractivity contribution in [2.24, 2.45) is 0 Å². The summed E-state index contributed by atoms with van der Waals surface area (Å²) >= 11 is 9.94. The highest BCUT2D eigenvalue weighted by Crippen LogP contribution is 2.27. The fraction of sp³-hybridized carbons (Fsp3) is 0.176. The highest BCUT2D eigenvalue weighted by molar-refractivity contribution is 9.10. The molecule has 0 spiro atoms. The number of rotatable bonds is 4. The fourth-order valence-electron chi connectivity index (χ4n) is 2.43. The molecule has 0 unspecified atom stereocenters. The van der Waals surface area contributed by atoms with E-state index in [0.717, 1.165) is 26.1 Å². The summed E-state index contributed by atoms with van der Waals surface area (Å²) in [6.45, 7) is 2.86. The van der Waals surface area contributed by atoms with Gasteiger partial charge in [-0.1, -0.05) is 57.9 Å². The molecular formula is C17H16BrClN2. The van der Waals surface area contributed by atoms with Crippen molar-refractivity contribution in [3.8, 4) is 0 Å². The average molecular weight is 364 g/mol. The molecule has 3 rings (SSSR count). The number of aromatic amines is 1. The van der Waals surface area contributed by atoms with Crippen molar-refractivity contribution in [2.75, 3.05) is 0 Å². The summed E-state index contributed by atoms with van der Waals surface area (Å²) in [6.07, 6.45) is 0. The van der Waals surface area contributed by atoms with Crippen molar-refractivity contribution >= 4 is 38.4 Å². The second kappa shape index (κ2) is 6.22. The quantitative estimate of drug-likeness (QED) is 0.635. The topological polar surface area (TPSA) is 27.8 Å². The van der Waals surface area contributed by atoms with Crippen LogP contribution in [0.25, 0.3) is 10.9 Å². The van der Waals surface area contributed by atoms with Gasteiger partial charge in [0.05, 0.1) is 5.02 Å². The number of H-pyrrole nitrogens is 1. The van der Waals surface area contributed by atoms with Gasteiger partial charge in [0.2, 0.25) is 0 Å². The van der Waals surface area contributed by atoms with Crippen molar-refractivity contribution in [3.63, 3.8) is 0 Å². The standard InChI is InChI=1S/C17H16BrClN2/c1-11(12-5-4-6-13(18)9-12)20-10-16-17(19)14-7-2-3-8-15(14)21-16/h2-9,11,20-21H,10H2,1H3/t11-/m1/s1. The van der Waals surface area contributed by atoms with Gasteiger partial charge in [0.1, 0.15) is 0 Å². The maximum absolute atomic E-state index is 6.43. The Morgan fingerprint density at radius 1 is 1.19 bits per heavy atom. The van der Waals surface area contributed by atoms with Gasteiger partial charge in [-0.3, -0.25) is 0 Å². The summed E-state index contributed by atoms with van der Waals surface area (Å²) in [6, 6.07) is 16.7. The van der Waals surface area contributed by atoms with Crippen LogP contribution in [0.2, 0.25) is 5.02 Å². The zero-order valence-corrected chi connectivity index (χ0v) is 14.0. The molecule has 0 aliphatic rings. The summed E-state index contributed by atoms with van der Waals surface area (Å²) in [4.78, 5) is 3.38. The molecule has 1 heterocycles. The van der Waals surface area contributed by atoms with Crippen molar-refractivity contribution in [3.05, 3.63) is 69.3 Å². The van der Waals surface area contributed by atoms with Gasteiger partial charge in [-0.2, -0.15) is 0 Å². The molecular weight excluding hydrogens is 348 g/mol. The molecule has 2 aromatic carbocycles. The highest BCUT2D eigenvalue weighted by Gasteiger charge is 2.11. The Kier molecular flexibility index (Phi) is 4.34. The van der Waals surface area contributed by atoms with Gasteiger partial charge < -0.3 is 10.3 Å². The van der Waals surface area contributed by atoms with E-state index in [-0.39, 0.29) is 6.04 Å². The minimum atomic E-state index is 0.255. The van der Waals surface area contributed by atoms with Crippen LogP contribution in [0.3, 0.4) is 0 Å². The number of hydrogen-bond donors (Lipinski definition) is 2. The zero-order chi connectivity index (χ0) is 14.8. The smallest absolute Gasteiger partial charge is 0.0705 e. The Hall–Kier alpha value is -1.29. The largest absolute Gasteiger partial charge is 0.356 e. The van der Waals surface area contributed by atoms with Gasteiger partial charge in [-0.05, 0) is 30.7 Å². The van der Waals surface area contributed by atoms with Crippen LogP contribution in [-0.2, 0) is 6.54 Å². The van der Waals surface area contributed by atoms with Gasteiger partial charge >= 0.3 is 0 Å². The van der Waals surface area contributed by atoms with E-state index in [0.29, 0.717) is 6.54 Å². The number of hydrogen-bond acceptors (Lipinski definition) is 1. The summed E-state index contributed by atoms with van der Waals surface area (Å²) in [5.41, 5.74) is 3.35. The fourth-order valence-corrected chi connectivity index (χ4v) is 3.13. The van der Waals surface area contributed by atoms with Crippen molar-refractivity contribution in [1.29, 1.82) is 0 Å². The Morgan fingerprint density at radius 2 is 2.00 bits per heavy atom. The molecule has 0 amide bonds. The van der Waals surface area contributed by atoms with Crippen LogP contribution >= 0.6 is 27.5 Å². The number of fused-ring (bicyclic) bond motifs is 1. The average Bonchev–Trinajstić information content (AvgIpc) is 2.82. The number of nitrogens with one attached hydrogen (secondary N) is 2. The van der Waals surface area contributed by atoms with Crippen LogP contribution in [0.4, 0.5) is 0 Å². The summed E-state index contributed by atoms with van der Waals surface area (Å²) in [7, 11) is 0. The SMILES string of the molecule is C[C@@H](NCc1[nH]c2ccccc2c1Cl)c1cccc(Br)c1. The van der Waals surface area contributed by atoms with Crippen LogP contribution in [0.1, 0.15) is 24.2 Å². The molecule has 0 radical (unpaired) electrons. The van der Waals surface area contributed by atoms with E-state index in [1.807, 2.05) is 36.4 Å². The third-order valence-electron chi connectivity index (χ3n) is 3.65. The number of benzene rings is 2. The normalized spacial score (nSPS) is 12.7. The summed E-state index contributed by atoms with van der Waals surface area (Å²) in [5, 5.41) is 5.39. The number of aromatic nitrogens is 1. The summed E-state index contributed by atoms with van der Waals surface area (Å²) in [5.74, 6) is 0. The first-order chi connectivity index (χ1) is 10.1. The van der Waals surface area contributed by atoms with E-state index in [2.05, 4.69) is 45.3 Å². The molecule has 1 aromatic heterocycles. The first-order valence-electron chi connectivity index (χ1n) is 6.89. The van der Waals surface area contributed by atoms with Gasteiger partial charge in [0, 0.05) is 33.7 Å². The molecule has 108 valence electrons. The maximum Gasteiger partial charge on any atom is 0.0705 e. The molecule has 1 atom stereocenters. The lowest BCUT2D eigenvalue weighted by atomic mass is 10.1. The molecule has 4 heteroatoms. The van der Waals surface area contributed by atoms with Crippen LogP contribution < -0.4 is 5.32 Å². The molecule has 0 aliphatic carbocycles. The van der Waals surface area contributed by atoms with E-state index in [1.165, 1.54) is 5.56 Å². The second-order valence-electron chi connectivity index (χ2n) is 5.12. The predicted octanol–water partition coefficient (Wildman–Crippen LogP) is 5.43. The monoisotopic (exact) mass is 362 g/mol. The molecule has 0 fully saturated rings. The zero-order valence-electron chi connectivity index (χ0n) is 11.7. The second-order valence-corrected chi connectivity index (χ2v) is 6.41. The molecule has 2 nitrogen and oxygen atoms in total. The highest BCUT2D eigenvalue weighted by atomic mass is 79.9. The minimum absolute atomic E-state index is 0.255. The van der Waals surface area contributed by atoms with E-state index in [1.54, 1.807) is 0 Å². The Bertz CT molecular complexity index is 766. The minimum Gasteiger partial charge on any atom is -0.356 e. The molecule has 3 aromatic rings. The van der Waals surface area contributed by atoms with Crippen LogP contribution in [-0.4, -0.2) is 4.98 Å². The Balaban J connectivity index is 1.75. The van der Waals surface area contributed by atoms with Crippen molar-refractivity contribution in [1.82, 2.24) is 10.3 Å². The third kappa shape index (κ3) is 3.15. The molecule has 21 heavy (non-hydrogen) atoms. The molecule has 0 bridgehead atoms. The summed E-state index contributed by atoms with van der Waals surface area (Å²) < 4.78 is 1.09. The number of para-hydroxylation sites is 1. The first kappa shape index (κ1) is 14.6. The first-order valence-corrected chi connectivity index (χ1v) is 8.06. The molecule has 0 saturated heterocycles. The van der Waals surface area contributed by atoms with E-state index >= 15 is 0 Å². The predicted molar refractivity (Wildman–Crippen MR) is 92.7 cm³/mol. The van der Waals surface area contributed by atoms with Gasteiger partial charge in [-0.15, -0.1) is 0 Å². The Morgan fingerprint density at radius 3 is 2.76 bits per heavy atom. The number of halogens is 2. The van der Waals surface area contributed by atoms with Gasteiger partial charge in [0.25, 0.3) is 0 Å². The van der Waals surface area contributed by atoms with Crippen LogP contribution in [0.15, 0.2) is 53.0 Å². The van der Waals surface area contributed by atoms with E-state index in [9.17, 15) is 0 Å². The third-order valence-corrected chi connectivity index (χ3v) is 4.57. The molecule has 0 aliphatic heterocycles. The Labute approximate surface area is 137 Å². The van der Waals surface area contributed by atoms with Crippen LogP contribution in [0, 0.1) is 0 Å². The lowest BCUT2D eigenvalue weighted by Gasteiger charge is -2.14. The van der Waals surface area contributed by atoms with E-state index in [4.69, 9.17) is 11.6 Å². The van der Waals surface area contributed by atoms with Crippen molar-refractivity contribution in [2.45, 2.75) is 19.5 Å².